The lowest BCUT2D eigenvalue weighted by atomic mass is 9.90. The molecule has 2 saturated carbocycles. The molecule has 0 radical (unpaired) electrons. The lowest BCUT2D eigenvalue weighted by Crippen LogP contribution is -2.22. The molecule has 0 aromatic heterocycles. The summed E-state index contributed by atoms with van der Waals surface area (Å²) in [5.74, 6) is 0.866. The number of hydrogen-bond acceptors (Lipinski definition) is 2. The van der Waals surface area contributed by atoms with Crippen LogP contribution in [0.5, 0.6) is 0 Å². The van der Waals surface area contributed by atoms with Crippen molar-refractivity contribution in [1.29, 1.82) is 0 Å². The van der Waals surface area contributed by atoms with E-state index >= 15 is 0 Å². The topological polar surface area (TPSA) is 41.5 Å². The molecule has 1 amide bonds. The van der Waals surface area contributed by atoms with Gasteiger partial charge in [0.2, 0.25) is 5.91 Å². The number of carbonyl (C=O) groups is 1. The van der Waals surface area contributed by atoms with Gasteiger partial charge >= 0.3 is 0 Å². The minimum Gasteiger partial charge on any atom is -0.273 e. The lowest BCUT2D eigenvalue weighted by molar-refractivity contribution is -0.123. The SMILES string of the molecule is C[C@]12CCCC[C@@H]1[C@H]2C(=O)N/N=C\c1ccc(I)cc1. The predicted octanol–water partition coefficient (Wildman–Crippen LogP) is 3.57. The fourth-order valence-electron chi connectivity index (χ4n) is 3.64. The first-order valence-electron chi connectivity index (χ1n) is 7.20. The van der Waals surface area contributed by atoms with E-state index in [1.54, 1.807) is 6.21 Å². The summed E-state index contributed by atoms with van der Waals surface area (Å²) in [4.78, 5) is 12.2. The van der Waals surface area contributed by atoms with Gasteiger partial charge in [0.25, 0.3) is 0 Å². The summed E-state index contributed by atoms with van der Waals surface area (Å²) in [6, 6.07) is 8.05. The number of rotatable bonds is 3. The van der Waals surface area contributed by atoms with Crippen LogP contribution in [0.4, 0.5) is 0 Å². The van der Waals surface area contributed by atoms with E-state index in [-0.39, 0.29) is 17.2 Å². The zero-order valence-electron chi connectivity index (χ0n) is 11.6. The smallest absolute Gasteiger partial charge is 0.244 e. The van der Waals surface area contributed by atoms with Crippen LogP contribution < -0.4 is 5.43 Å². The highest BCUT2D eigenvalue weighted by Crippen LogP contribution is 2.66. The maximum absolute atomic E-state index is 12.2. The van der Waals surface area contributed by atoms with Gasteiger partial charge in [0.05, 0.1) is 6.21 Å². The van der Waals surface area contributed by atoms with Crippen LogP contribution in [0.2, 0.25) is 0 Å². The molecule has 2 aliphatic rings. The standard InChI is InChI=1S/C16H19IN2O/c1-16-9-3-2-4-13(16)14(16)15(20)19-18-10-11-5-7-12(17)8-6-11/h5-8,10,13-14H,2-4,9H2,1H3,(H,19,20)/b18-10-/t13-,14+,16+/m1/s1. The Bertz CT molecular complexity index is 540. The highest BCUT2D eigenvalue weighted by Gasteiger charge is 2.64. The fourth-order valence-corrected chi connectivity index (χ4v) is 4.00. The second-order valence-corrected chi connectivity index (χ2v) is 7.37. The van der Waals surface area contributed by atoms with Crippen molar-refractivity contribution in [3.8, 4) is 0 Å². The van der Waals surface area contributed by atoms with Crippen molar-refractivity contribution in [3.05, 3.63) is 33.4 Å². The molecule has 0 heterocycles. The number of fused-ring (bicyclic) bond motifs is 1. The van der Waals surface area contributed by atoms with Crippen LogP contribution in [0.25, 0.3) is 0 Å². The van der Waals surface area contributed by atoms with Gasteiger partial charge in [0.15, 0.2) is 0 Å². The minimum atomic E-state index is 0.0983. The van der Waals surface area contributed by atoms with E-state index in [4.69, 9.17) is 0 Å². The summed E-state index contributed by atoms with van der Waals surface area (Å²) in [7, 11) is 0. The number of benzene rings is 1. The molecule has 2 fully saturated rings. The Hall–Kier alpha value is -0.910. The first kappa shape index (κ1) is 14.0. The van der Waals surface area contributed by atoms with Crippen LogP contribution in [0, 0.1) is 20.8 Å². The Morgan fingerprint density at radius 1 is 1.40 bits per heavy atom. The average molecular weight is 382 g/mol. The first-order valence-corrected chi connectivity index (χ1v) is 8.27. The average Bonchev–Trinajstić information content (AvgIpc) is 3.06. The highest BCUT2D eigenvalue weighted by molar-refractivity contribution is 14.1. The molecule has 1 N–H and O–H groups in total. The molecule has 106 valence electrons. The van der Waals surface area contributed by atoms with Gasteiger partial charge in [0, 0.05) is 9.49 Å². The van der Waals surface area contributed by atoms with E-state index in [2.05, 4.69) is 40.0 Å². The third-order valence-corrected chi connectivity index (χ3v) is 5.59. The summed E-state index contributed by atoms with van der Waals surface area (Å²) in [5, 5.41) is 4.09. The molecule has 0 bridgehead atoms. The van der Waals surface area contributed by atoms with Gasteiger partial charge < -0.3 is 0 Å². The summed E-state index contributed by atoms with van der Waals surface area (Å²) >= 11 is 2.27. The summed E-state index contributed by atoms with van der Waals surface area (Å²) in [5.41, 5.74) is 3.97. The Morgan fingerprint density at radius 2 is 2.15 bits per heavy atom. The van der Waals surface area contributed by atoms with Crippen molar-refractivity contribution in [3.63, 3.8) is 0 Å². The lowest BCUT2D eigenvalue weighted by Gasteiger charge is -2.15. The van der Waals surface area contributed by atoms with E-state index in [1.807, 2.05) is 24.3 Å². The van der Waals surface area contributed by atoms with Gasteiger partial charge in [-0.05, 0) is 64.5 Å². The van der Waals surface area contributed by atoms with E-state index in [0.717, 1.165) is 5.56 Å². The zero-order valence-corrected chi connectivity index (χ0v) is 13.8. The Kier molecular flexibility index (Phi) is 3.84. The molecule has 20 heavy (non-hydrogen) atoms. The molecule has 3 atom stereocenters. The molecular weight excluding hydrogens is 363 g/mol. The van der Waals surface area contributed by atoms with Gasteiger partial charge in [-0.3, -0.25) is 4.79 Å². The van der Waals surface area contributed by atoms with Crippen LogP contribution in [0.3, 0.4) is 0 Å². The molecular formula is C16H19IN2O. The van der Waals surface area contributed by atoms with Crippen molar-refractivity contribution in [1.82, 2.24) is 5.43 Å². The van der Waals surface area contributed by atoms with Crippen molar-refractivity contribution >= 4 is 34.7 Å². The Labute approximate surface area is 133 Å². The predicted molar refractivity (Wildman–Crippen MR) is 88.5 cm³/mol. The maximum Gasteiger partial charge on any atom is 0.244 e. The summed E-state index contributed by atoms with van der Waals surface area (Å²) < 4.78 is 1.19. The van der Waals surface area contributed by atoms with Crippen LogP contribution in [0.1, 0.15) is 38.2 Å². The van der Waals surface area contributed by atoms with Gasteiger partial charge in [0.1, 0.15) is 0 Å². The molecule has 3 nitrogen and oxygen atoms in total. The second kappa shape index (κ2) is 5.47. The number of nitrogens with zero attached hydrogens (tertiary/aromatic N) is 1. The molecule has 4 heteroatoms. The number of hydrogen-bond donors (Lipinski definition) is 1. The summed E-state index contributed by atoms with van der Waals surface area (Å²) in [6.45, 7) is 2.25. The third kappa shape index (κ3) is 2.62. The monoisotopic (exact) mass is 382 g/mol. The maximum atomic E-state index is 12.2. The van der Waals surface area contributed by atoms with Gasteiger partial charge in [-0.25, -0.2) is 5.43 Å². The van der Waals surface area contributed by atoms with Crippen molar-refractivity contribution in [2.24, 2.45) is 22.4 Å². The molecule has 3 rings (SSSR count). The largest absolute Gasteiger partial charge is 0.273 e. The van der Waals surface area contributed by atoms with Crippen LogP contribution >= 0.6 is 22.6 Å². The number of halogens is 1. The fraction of sp³-hybridized carbons (Fsp3) is 0.500. The van der Waals surface area contributed by atoms with Crippen molar-refractivity contribution in [2.75, 3.05) is 0 Å². The second-order valence-electron chi connectivity index (χ2n) is 6.12. The molecule has 0 aliphatic heterocycles. The number of amides is 1. The zero-order chi connectivity index (χ0) is 14.2. The van der Waals surface area contributed by atoms with Gasteiger partial charge in [-0.2, -0.15) is 5.10 Å². The van der Waals surface area contributed by atoms with Gasteiger partial charge in [-0.15, -0.1) is 0 Å². The molecule has 0 unspecified atom stereocenters. The quantitative estimate of drug-likeness (QED) is 0.485. The van der Waals surface area contributed by atoms with Gasteiger partial charge in [-0.1, -0.05) is 31.9 Å². The molecule has 0 saturated heterocycles. The normalized spacial score (nSPS) is 31.9. The van der Waals surface area contributed by atoms with Crippen LogP contribution in [-0.4, -0.2) is 12.1 Å². The minimum absolute atomic E-state index is 0.0983. The number of hydrazone groups is 1. The van der Waals surface area contributed by atoms with Crippen molar-refractivity contribution in [2.45, 2.75) is 32.6 Å². The Balaban J connectivity index is 1.56. The summed E-state index contributed by atoms with van der Waals surface area (Å²) in [6.07, 6.45) is 6.65. The van der Waals surface area contributed by atoms with Crippen LogP contribution in [-0.2, 0) is 4.79 Å². The van der Waals surface area contributed by atoms with Crippen molar-refractivity contribution < 1.29 is 4.79 Å². The van der Waals surface area contributed by atoms with E-state index in [9.17, 15) is 4.79 Å². The van der Waals surface area contributed by atoms with E-state index in [0.29, 0.717) is 5.92 Å². The number of carbonyl (C=O) groups excluding carboxylic acids is 1. The highest BCUT2D eigenvalue weighted by atomic mass is 127. The third-order valence-electron chi connectivity index (χ3n) is 4.87. The molecule has 2 aliphatic carbocycles. The van der Waals surface area contributed by atoms with E-state index in [1.165, 1.54) is 29.3 Å². The molecule has 1 aromatic carbocycles. The Morgan fingerprint density at radius 3 is 2.80 bits per heavy atom. The van der Waals surface area contributed by atoms with Crippen LogP contribution in [0.15, 0.2) is 29.4 Å². The number of nitrogens with one attached hydrogen (secondary N) is 1. The van der Waals surface area contributed by atoms with E-state index < -0.39 is 0 Å². The first-order chi connectivity index (χ1) is 9.61. The molecule has 1 aromatic rings. The molecule has 0 spiro atoms.